The lowest BCUT2D eigenvalue weighted by atomic mass is 10.1. The summed E-state index contributed by atoms with van der Waals surface area (Å²) in [5, 5.41) is 2.80. The Bertz CT molecular complexity index is 594. The number of hydrogen-bond donors (Lipinski definition) is 1. The maximum Gasteiger partial charge on any atom is 0.337 e. The maximum absolute atomic E-state index is 11.9. The molecule has 0 fully saturated rings. The summed E-state index contributed by atoms with van der Waals surface area (Å²) < 4.78 is 4.60. The predicted molar refractivity (Wildman–Crippen MR) is 73.2 cm³/mol. The van der Waals surface area contributed by atoms with Crippen LogP contribution in [0, 0.1) is 0 Å². The summed E-state index contributed by atoms with van der Waals surface area (Å²) in [6, 6.07) is 9.98. The molecule has 5 nitrogen and oxygen atoms in total. The molecule has 1 N–H and O–H groups in total. The van der Waals surface area contributed by atoms with Crippen molar-refractivity contribution in [1.29, 1.82) is 0 Å². The fourth-order valence-electron chi connectivity index (χ4n) is 1.66. The molecule has 20 heavy (non-hydrogen) atoms. The van der Waals surface area contributed by atoms with Gasteiger partial charge in [-0.2, -0.15) is 0 Å². The topological polar surface area (TPSA) is 68.3 Å². The number of nitrogens with zero attached hydrogens (tertiary/aromatic N) is 1. The summed E-state index contributed by atoms with van der Waals surface area (Å²) >= 11 is 0. The van der Waals surface area contributed by atoms with E-state index < -0.39 is 5.97 Å². The van der Waals surface area contributed by atoms with E-state index in [4.69, 9.17) is 0 Å². The molecule has 1 aromatic heterocycles. The molecule has 0 saturated heterocycles. The molecule has 2 aromatic rings. The van der Waals surface area contributed by atoms with Gasteiger partial charge in [0.1, 0.15) is 0 Å². The Morgan fingerprint density at radius 1 is 1.05 bits per heavy atom. The zero-order valence-electron chi connectivity index (χ0n) is 11.0. The number of esters is 1. The van der Waals surface area contributed by atoms with Crippen LogP contribution in [0.3, 0.4) is 0 Å². The molecule has 5 heteroatoms. The van der Waals surface area contributed by atoms with Gasteiger partial charge in [-0.1, -0.05) is 0 Å². The van der Waals surface area contributed by atoms with E-state index in [2.05, 4.69) is 15.0 Å². The first-order chi connectivity index (χ1) is 9.70. The number of nitrogens with one attached hydrogen (secondary N) is 1. The molecule has 0 spiro atoms. The number of ether oxygens (including phenoxy) is 1. The smallest absolute Gasteiger partial charge is 0.337 e. The second-order valence-corrected chi connectivity index (χ2v) is 4.11. The normalized spacial score (nSPS) is 9.85. The first kappa shape index (κ1) is 13.7. The first-order valence-corrected chi connectivity index (χ1v) is 6.06. The van der Waals surface area contributed by atoms with Crippen LogP contribution in [-0.4, -0.2) is 24.0 Å². The molecule has 0 unspecified atom stereocenters. The number of rotatable bonds is 4. The molecule has 1 amide bonds. The van der Waals surface area contributed by atoms with Gasteiger partial charge in [0.2, 0.25) is 0 Å². The van der Waals surface area contributed by atoms with Crippen LogP contribution in [0.2, 0.25) is 0 Å². The van der Waals surface area contributed by atoms with E-state index in [9.17, 15) is 9.59 Å². The van der Waals surface area contributed by atoms with Gasteiger partial charge in [-0.25, -0.2) is 4.79 Å². The Labute approximate surface area is 116 Å². The van der Waals surface area contributed by atoms with E-state index >= 15 is 0 Å². The van der Waals surface area contributed by atoms with E-state index in [1.807, 2.05) is 12.1 Å². The van der Waals surface area contributed by atoms with Gasteiger partial charge < -0.3 is 10.1 Å². The van der Waals surface area contributed by atoms with E-state index in [1.165, 1.54) is 7.11 Å². The lowest BCUT2D eigenvalue weighted by molar-refractivity contribution is 0.0600. The average molecular weight is 270 g/mol. The largest absolute Gasteiger partial charge is 0.465 e. The van der Waals surface area contributed by atoms with Crippen molar-refractivity contribution in [2.24, 2.45) is 0 Å². The average Bonchev–Trinajstić information content (AvgIpc) is 2.53. The fourth-order valence-corrected chi connectivity index (χ4v) is 1.66. The molecule has 0 aliphatic rings. The first-order valence-electron chi connectivity index (χ1n) is 6.06. The second kappa shape index (κ2) is 6.47. The Morgan fingerprint density at radius 3 is 2.25 bits per heavy atom. The highest BCUT2D eigenvalue weighted by atomic mass is 16.5. The van der Waals surface area contributed by atoms with Gasteiger partial charge in [-0.15, -0.1) is 0 Å². The summed E-state index contributed by atoms with van der Waals surface area (Å²) in [6.07, 6.45) is 3.35. The van der Waals surface area contributed by atoms with Gasteiger partial charge >= 0.3 is 5.97 Å². The minimum atomic E-state index is -0.422. The highest BCUT2D eigenvalue weighted by Gasteiger charge is 2.08. The van der Waals surface area contributed by atoms with E-state index in [0.717, 1.165) is 5.56 Å². The fraction of sp³-hybridized carbons (Fsp3) is 0.133. The molecule has 0 atom stereocenters. The molecular formula is C15H14N2O3. The third-order valence-electron chi connectivity index (χ3n) is 2.77. The number of methoxy groups -OCH3 is 1. The van der Waals surface area contributed by atoms with Crippen LogP contribution >= 0.6 is 0 Å². The van der Waals surface area contributed by atoms with Crippen LogP contribution in [-0.2, 0) is 11.3 Å². The Kier molecular flexibility index (Phi) is 4.44. The highest BCUT2D eigenvalue weighted by molar-refractivity contribution is 5.96. The van der Waals surface area contributed by atoms with Crippen molar-refractivity contribution in [2.45, 2.75) is 6.54 Å². The van der Waals surface area contributed by atoms with E-state index in [-0.39, 0.29) is 5.91 Å². The molecule has 0 aliphatic heterocycles. The zero-order chi connectivity index (χ0) is 14.4. The van der Waals surface area contributed by atoms with Crippen molar-refractivity contribution in [2.75, 3.05) is 7.11 Å². The van der Waals surface area contributed by atoms with Gasteiger partial charge in [0.15, 0.2) is 0 Å². The number of carbonyl (C=O) groups is 2. The standard InChI is InChI=1S/C15H14N2O3/c1-20-15(19)13-4-2-12(3-5-13)14(18)17-10-11-6-8-16-9-7-11/h2-9H,10H2,1H3,(H,17,18). The van der Waals surface area contributed by atoms with Crippen molar-refractivity contribution in [3.63, 3.8) is 0 Å². The van der Waals surface area contributed by atoms with Crippen LogP contribution in [0.25, 0.3) is 0 Å². The summed E-state index contributed by atoms with van der Waals surface area (Å²) in [5.74, 6) is -0.619. The highest BCUT2D eigenvalue weighted by Crippen LogP contribution is 2.06. The number of hydrogen-bond acceptors (Lipinski definition) is 4. The molecule has 0 bridgehead atoms. The van der Waals surface area contributed by atoms with Gasteiger partial charge in [-0.05, 0) is 42.0 Å². The molecule has 2 rings (SSSR count). The van der Waals surface area contributed by atoms with E-state index in [0.29, 0.717) is 17.7 Å². The SMILES string of the molecule is COC(=O)c1ccc(C(=O)NCc2ccncc2)cc1. The minimum Gasteiger partial charge on any atom is -0.465 e. The molecule has 0 aliphatic carbocycles. The van der Waals surface area contributed by atoms with Crippen molar-refractivity contribution >= 4 is 11.9 Å². The van der Waals surface area contributed by atoms with Crippen molar-refractivity contribution in [3.8, 4) is 0 Å². The molecule has 0 radical (unpaired) electrons. The third kappa shape index (κ3) is 3.41. The minimum absolute atomic E-state index is 0.196. The van der Waals surface area contributed by atoms with Gasteiger partial charge in [0.05, 0.1) is 12.7 Å². The summed E-state index contributed by atoms with van der Waals surface area (Å²) in [6.45, 7) is 0.431. The number of aromatic nitrogens is 1. The molecule has 1 heterocycles. The van der Waals surface area contributed by atoms with Crippen molar-refractivity contribution in [3.05, 3.63) is 65.5 Å². The zero-order valence-corrected chi connectivity index (χ0v) is 11.0. The van der Waals surface area contributed by atoms with Crippen molar-refractivity contribution < 1.29 is 14.3 Å². The maximum atomic E-state index is 11.9. The van der Waals surface area contributed by atoms with Gasteiger partial charge in [0.25, 0.3) is 5.91 Å². The van der Waals surface area contributed by atoms with Gasteiger partial charge in [0, 0.05) is 24.5 Å². The van der Waals surface area contributed by atoms with Crippen LogP contribution in [0.1, 0.15) is 26.3 Å². The number of amides is 1. The van der Waals surface area contributed by atoms with Crippen LogP contribution in [0.15, 0.2) is 48.8 Å². The molecule has 1 aromatic carbocycles. The van der Waals surface area contributed by atoms with Crippen molar-refractivity contribution in [1.82, 2.24) is 10.3 Å². The lowest BCUT2D eigenvalue weighted by Crippen LogP contribution is -2.22. The third-order valence-corrected chi connectivity index (χ3v) is 2.77. The number of carbonyl (C=O) groups excluding carboxylic acids is 2. The quantitative estimate of drug-likeness (QED) is 0.860. The predicted octanol–water partition coefficient (Wildman–Crippen LogP) is 1.80. The Balaban J connectivity index is 1.97. The van der Waals surface area contributed by atoms with Crippen LogP contribution in [0.4, 0.5) is 0 Å². The summed E-state index contributed by atoms with van der Waals surface area (Å²) in [5.41, 5.74) is 1.88. The molecular weight excluding hydrogens is 256 g/mol. The second-order valence-electron chi connectivity index (χ2n) is 4.11. The Hall–Kier alpha value is -2.69. The summed E-state index contributed by atoms with van der Waals surface area (Å²) in [7, 11) is 1.32. The number of benzene rings is 1. The monoisotopic (exact) mass is 270 g/mol. The lowest BCUT2D eigenvalue weighted by Gasteiger charge is -2.06. The number of pyridine rings is 1. The van der Waals surface area contributed by atoms with Crippen LogP contribution < -0.4 is 5.32 Å². The van der Waals surface area contributed by atoms with E-state index in [1.54, 1.807) is 36.7 Å². The summed E-state index contributed by atoms with van der Waals surface area (Å²) in [4.78, 5) is 27.1. The van der Waals surface area contributed by atoms with Crippen LogP contribution in [0.5, 0.6) is 0 Å². The van der Waals surface area contributed by atoms with Gasteiger partial charge in [-0.3, -0.25) is 9.78 Å². The molecule has 102 valence electrons. The molecule has 0 saturated carbocycles. The Morgan fingerprint density at radius 2 is 1.65 bits per heavy atom.